The lowest BCUT2D eigenvalue weighted by Gasteiger charge is -2.20. The van der Waals surface area contributed by atoms with Crippen LogP contribution in [0.15, 0.2) is 36.5 Å². The first kappa shape index (κ1) is 73.1. The van der Waals surface area contributed by atoms with Crippen LogP contribution in [0.4, 0.5) is 0 Å². The molecule has 0 saturated carbocycles. The molecule has 1 amide bonds. The van der Waals surface area contributed by atoms with Crippen molar-refractivity contribution < 1.29 is 24.5 Å². The Balaban J connectivity index is 3.47. The van der Waals surface area contributed by atoms with E-state index in [1.165, 1.54) is 283 Å². The number of amides is 1. The predicted octanol–water partition coefficient (Wildman–Crippen LogP) is 21.5. The first-order valence-electron chi connectivity index (χ1n) is 33.8. The van der Waals surface area contributed by atoms with E-state index in [9.17, 15) is 19.8 Å². The van der Waals surface area contributed by atoms with E-state index in [1.807, 2.05) is 6.08 Å². The van der Waals surface area contributed by atoms with Gasteiger partial charge in [-0.05, 0) is 64.2 Å². The molecule has 0 bridgehead atoms. The molecule has 0 aromatic heterocycles. The molecule has 2 unspecified atom stereocenters. The molecule has 0 aliphatic heterocycles. The number of aliphatic hydroxyl groups is 2. The zero-order valence-corrected chi connectivity index (χ0v) is 50.5. The minimum Gasteiger partial charge on any atom is -0.466 e. The third-order valence-corrected chi connectivity index (χ3v) is 15.7. The molecule has 0 rings (SSSR count). The standard InChI is InChI=1S/C69H131NO5/c1-3-5-7-9-11-13-15-17-19-20-21-25-28-31-34-37-41-45-49-53-57-61-67(72)66(65-71)70-68(73)62-58-54-50-46-42-38-35-32-29-26-23-22-24-27-30-33-36-40-44-48-52-56-60-64-75-69(74)63-59-55-51-47-43-39-18-16-14-12-10-8-6-4-2/h22,24,26,29,57,61,66-67,71-72H,3-21,23,25,27-28,30-56,58-60,62-65H2,1-2H3,(H,70,73)/b24-22-,29-26-,61-57+. The number of esters is 1. The number of carbonyl (C=O) groups is 2. The van der Waals surface area contributed by atoms with Gasteiger partial charge < -0.3 is 20.3 Å². The van der Waals surface area contributed by atoms with Crippen molar-refractivity contribution >= 4 is 11.9 Å². The van der Waals surface area contributed by atoms with Gasteiger partial charge in [-0.2, -0.15) is 0 Å². The average Bonchev–Trinajstić information content (AvgIpc) is 3.41. The van der Waals surface area contributed by atoms with Gasteiger partial charge in [-0.25, -0.2) is 0 Å². The smallest absolute Gasteiger partial charge is 0.305 e. The Morgan fingerprint density at radius 3 is 1.01 bits per heavy atom. The van der Waals surface area contributed by atoms with Gasteiger partial charge in [0, 0.05) is 12.8 Å². The van der Waals surface area contributed by atoms with Gasteiger partial charge in [-0.3, -0.25) is 9.59 Å². The van der Waals surface area contributed by atoms with E-state index in [4.69, 9.17) is 4.74 Å². The number of ether oxygens (including phenoxy) is 1. The fraction of sp³-hybridized carbons (Fsp3) is 0.884. The Bertz CT molecular complexity index is 1210. The van der Waals surface area contributed by atoms with E-state index in [2.05, 4.69) is 43.5 Å². The summed E-state index contributed by atoms with van der Waals surface area (Å²) in [4.78, 5) is 24.6. The summed E-state index contributed by atoms with van der Waals surface area (Å²) in [6.45, 7) is 4.93. The molecule has 0 aliphatic carbocycles. The molecule has 0 radical (unpaired) electrons. The van der Waals surface area contributed by atoms with Gasteiger partial charge in [0.1, 0.15) is 0 Å². The van der Waals surface area contributed by atoms with Gasteiger partial charge in [0.15, 0.2) is 0 Å². The second kappa shape index (κ2) is 64.6. The van der Waals surface area contributed by atoms with Crippen LogP contribution in [-0.2, 0) is 14.3 Å². The Labute approximate surface area is 468 Å². The molecule has 3 N–H and O–H groups in total. The van der Waals surface area contributed by atoms with Crippen molar-refractivity contribution in [1.29, 1.82) is 0 Å². The monoisotopic (exact) mass is 1050 g/mol. The summed E-state index contributed by atoms with van der Waals surface area (Å²) in [6, 6.07) is -0.637. The Morgan fingerprint density at radius 1 is 0.373 bits per heavy atom. The van der Waals surface area contributed by atoms with Gasteiger partial charge >= 0.3 is 5.97 Å². The van der Waals surface area contributed by atoms with Gasteiger partial charge in [0.05, 0.1) is 25.4 Å². The second-order valence-electron chi connectivity index (χ2n) is 23.2. The highest BCUT2D eigenvalue weighted by Crippen LogP contribution is 2.18. The highest BCUT2D eigenvalue weighted by atomic mass is 16.5. The molecule has 0 aromatic carbocycles. The topological polar surface area (TPSA) is 95.9 Å². The largest absolute Gasteiger partial charge is 0.466 e. The SMILES string of the molecule is CCCCCCCCCCCCCCCCCCCCC/C=C/C(O)C(CO)NC(=O)CCCCCCCCC/C=C\C/C=C\CCCCCCCCCCCOC(=O)CCCCCCCCCCCCCCCC. The van der Waals surface area contributed by atoms with Crippen LogP contribution in [0.25, 0.3) is 0 Å². The van der Waals surface area contributed by atoms with Crippen LogP contribution < -0.4 is 5.32 Å². The minimum atomic E-state index is -0.852. The highest BCUT2D eigenvalue weighted by molar-refractivity contribution is 5.76. The van der Waals surface area contributed by atoms with Crippen molar-refractivity contribution in [3.63, 3.8) is 0 Å². The van der Waals surface area contributed by atoms with Crippen LogP contribution in [-0.4, -0.2) is 47.4 Å². The summed E-state index contributed by atoms with van der Waals surface area (Å²) >= 11 is 0. The van der Waals surface area contributed by atoms with Crippen LogP contribution in [0.1, 0.15) is 367 Å². The van der Waals surface area contributed by atoms with Crippen molar-refractivity contribution in [3.8, 4) is 0 Å². The third-order valence-electron chi connectivity index (χ3n) is 15.7. The van der Waals surface area contributed by atoms with Gasteiger partial charge in [0.25, 0.3) is 0 Å². The number of unbranched alkanes of at least 4 members (excludes halogenated alkanes) is 48. The Kier molecular flexibility index (Phi) is 63.0. The highest BCUT2D eigenvalue weighted by Gasteiger charge is 2.18. The van der Waals surface area contributed by atoms with Gasteiger partial charge in [-0.1, -0.05) is 326 Å². The van der Waals surface area contributed by atoms with E-state index < -0.39 is 12.1 Å². The fourth-order valence-corrected chi connectivity index (χ4v) is 10.5. The molecular weight excluding hydrogens is 923 g/mol. The minimum absolute atomic E-state index is 0.00916. The zero-order valence-electron chi connectivity index (χ0n) is 50.5. The number of nitrogens with one attached hydrogen (secondary N) is 1. The van der Waals surface area contributed by atoms with Gasteiger partial charge in [-0.15, -0.1) is 0 Å². The third kappa shape index (κ3) is 61.2. The van der Waals surface area contributed by atoms with E-state index in [1.54, 1.807) is 6.08 Å². The van der Waals surface area contributed by atoms with E-state index in [0.29, 0.717) is 19.4 Å². The number of aliphatic hydroxyl groups excluding tert-OH is 2. The maximum atomic E-state index is 12.5. The molecule has 0 fully saturated rings. The molecule has 75 heavy (non-hydrogen) atoms. The zero-order chi connectivity index (χ0) is 54.3. The quantitative estimate of drug-likeness (QED) is 0.0320. The van der Waals surface area contributed by atoms with Crippen molar-refractivity contribution in [2.45, 2.75) is 379 Å². The Hall–Kier alpha value is -1.92. The maximum absolute atomic E-state index is 12.5. The maximum Gasteiger partial charge on any atom is 0.305 e. The number of hydrogen-bond donors (Lipinski definition) is 3. The lowest BCUT2D eigenvalue weighted by molar-refractivity contribution is -0.143. The molecule has 0 saturated heterocycles. The van der Waals surface area contributed by atoms with Crippen LogP contribution >= 0.6 is 0 Å². The fourth-order valence-electron chi connectivity index (χ4n) is 10.5. The first-order valence-corrected chi connectivity index (χ1v) is 33.8. The van der Waals surface area contributed by atoms with Crippen LogP contribution in [0.2, 0.25) is 0 Å². The molecule has 0 aromatic rings. The van der Waals surface area contributed by atoms with Crippen LogP contribution in [0.5, 0.6) is 0 Å². The number of rotatable bonds is 63. The summed E-state index contributed by atoms with van der Waals surface area (Å²) in [6.07, 6.45) is 82.0. The summed E-state index contributed by atoms with van der Waals surface area (Å²) in [5.41, 5.74) is 0. The summed E-state index contributed by atoms with van der Waals surface area (Å²) < 4.78 is 5.48. The Morgan fingerprint density at radius 2 is 0.667 bits per heavy atom. The molecule has 0 heterocycles. The summed E-state index contributed by atoms with van der Waals surface area (Å²) in [5.74, 6) is -0.0662. The molecular formula is C69H131NO5. The van der Waals surface area contributed by atoms with E-state index >= 15 is 0 Å². The molecule has 442 valence electrons. The van der Waals surface area contributed by atoms with Gasteiger partial charge in [0.2, 0.25) is 5.91 Å². The lowest BCUT2D eigenvalue weighted by atomic mass is 10.0. The van der Waals surface area contributed by atoms with Crippen LogP contribution in [0.3, 0.4) is 0 Å². The summed E-state index contributed by atoms with van der Waals surface area (Å²) in [7, 11) is 0. The van der Waals surface area contributed by atoms with Crippen molar-refractivity contribution in [1.82, 2.24) is 5.32 Å². The second-order valence-corrected chi connectivity index (χ2v) is 23.2. The summed E-state index contributed by atoms with van der Waals surface area (Å²) in [5, 5.41) is 23.2. The average molecular weight is 1050 g/mol. The first-order chi connectivity index (χ1) is 37.0. The molecule has 0 spiro atoms. The van der Waals surface area contributed by atoms with Crippen molar-refractivity contribution in [3.05, 3.63) is 36.5 Å². The van der Waals surface area contributed by atoms with E-state index in [0.717, 1.165) is 57.8 Å². The molecule has 6 nitrogen and oxygen atoms in total. The van der Waals surface area contributed by atoms with Crippen molar-refractivity contribution in [2.75, 3.05) is 13.2 Å². The van der Waals surface area contributed by atoms with Crippen LogP contribution in [0, 0.1) is 0 Å². The molecule has 2 atom stereocenters. The number of hydrogen-bond acceptors (Lipinski definition) is 5. The normalized spacial score (nSPS) is 12.7. The van der Waals surface area contributed by atoms with Crippen molar-refractivity contribution in [2.24, 2.45) is 0 Å². The lowest BCUT2D eigenvalue weighted by Crippen LogP contribution is -2.45. The predicted molar refractivity (Wildman–Crippen MR) is 329 cm³/mol. The molecule has 6 heteroatoms. The number of carbonyl (C=O) groups excluding carboxylic acids is 2. The number of allylic oxidation sites excluding steroid dienone is 5. The molecule has 0 aliphatic rings. The van der Waals surface area contributed by atoms with E-state index in [-0.39, 0.29) is 18.5 Å².